The summed E-state index contributed by atoms with van der Waals surface area (Å²) in [6.45, 7) is 5.12. The maximum atomic E-state index is 13.4. The smallest absolute Gasteiger partial charge is 0.268 e. The number of hydrogen-bond donors (Lipinski definition) is 2. The molecule has 2 heterocycles. The molecule has 140 valence electrons. The molecule has 1 aromatic heterocycles. The zero-order chi connectivity index (χ0) is 19.0. The van der Waals surface area contributed by atoms with Crippen molar-refractivity contribution in [3.63, 3.8) is 0 Å². The van der Waals surface area contributed by atoms with E-state index in [1.807, 2.05) is 26.0 Å². The molecular weight excluding hydrogens is 343 g/mol. The minimum atomic E-state index is -0.553. The Morgan fingerprint density at radius 1 is 1.11 bits per heavy atom. The number of aromatic nitrogens is 1. The van der Waals surface area contributed by atoms with E-state index in [9.17, 15) is 9.18 Å². The molecule has 0 bridgehead atoms. The molecule has 27 heavy (non-hydrogen) atoms. The predicted octanol–water partition coefficient (Wildman–Crippen LogP) is 4.36. The number of hydrogen-bond acceptors (Lipinski definition) is 2. The molecule has 4 nitrogen and oxygen atoms in total. The number of benzene rings is 2. The predicted molar refractivity (Wildman–Crippen MR) is 103 cm³/mol. The van der Waals surface area contributed by atoms with Gasteiger partial charge in [0.1, 0.15) is 11.5 Å². The second-order valence-electron chi connectivity index (χ2n) is 7.33. The van der Waals surface area contributed by atoms with Crippen molar-refractivity contribution in [2.24, 2.45) is 0 Å². The van der Waals surface area contributed by atoms with Crippen LogP contribution in [0.15, 0.2) is 42.5 Å². The average Bonchev–Trinajstić information content (AvgIpc) is 2.99. The lowest BCUT2D eigenvalue weighted by molar-refractivity contribution is 0.0344. The number of carbonyl (C=O) groups excluding carboxylic acids is 1. The van der Waals surface area contributed by atoms with E-state index in [0.717, 1.165) is 27.6 Å². The number of amides is 1. The van der Waals surface area contributed by atoms with Gasteiger partial charge in [-0.25, -0.2) is 4.39 Å². The highest BCUT2D eigenvalue weighted by Gasteiger charge is 2.36. The molecule has 1 saturated heterocycles. The van der Waals surface area contributed by atoms with E-state index in [1.165, 1.54) is 12.1 Å². The quantitative estimate of drug-likeness (QED) is 0.724. The van der Waals surface area contributed by atoms with Gasteiger partial charge >= 0.3 is 0 Å². The monoisotopic (exact) mass is 366 g/mol. The Morgan fingerprint density at radius 3 is 2.52 bits per heavy atom. The molecule has 2 N–H and O–H groups in total. The lowest BCUT2D eigenvalue weighted by Crippen LogP contribution is -2.49. The summed E-state index contributed by atoms with van der Waals surface area (Å²) in [6.07, 6.45) is 1.31. The van der Waals surface area contributed by atoms with Gasteiger partial charge in [-0.1, -0.05) is 23.8 Å². The fourth-order valence-corrected chi connectivity index (χ4v) is 3.92. The lowest BCUT2D eigenvalue weighted by atomic mass is 9.82. The van der Waals surface area contributed by atoms with Crippen LogP contribution in [-0.4, -0.2) is 24.1 Å². The molecule has 1 aliphatic rings. The van der Waals surface area contributed by atoms with Gasteiger partial charge in [-0.15, -0.1) is 0 Å². The van der Waals surface area contributed by atoms with Crippen LogP contribution in [0.1, 0.15) is 40.0 Å². The largest absolute Gasteiger partial charge is 0.381 e. The summed E-state index contributed by atoms with van der Waals surface area (Å²) in [6, 6.07) is 12.5. The number of ether oxygens (including phenoxy) is 1. The maximum absolute atomic E-state index is 13.4. The van der Waals surface area contributed by atoms with Crippen LogP contribution in [0.25, 0.3) is 10.9 Å². The van der Waals surface area contributed by atoms with Crippen molar-refractivity contribution in [1.29, 1.82) is 0 Å². The van der Waals surface area contributed by atoms with Crippen LogP contribution in [-0.2, 0) is 10.3 Å². The third-order valence-corrected chi connectivity index (χ3v) is 5.54. The second kappa shape index (κ2) is 6.82. The zero-order valence-electron chi connectivity index (χ0n) is 15.6. The molecule has 2 aromatic carbocycles. The standard InChI is InChI=1S/C22H23FN2O2/c1-14-3-8-19-18(13-14)15(2)20(24-19)21(26)25-22(9-11-27-12-10-22)16-4-6-17(23)7-5-16/h3-8,13,24H,9-12H2,1-2H3,(H,25,26). The number of rotatable bonds is 3. The van der Waals surface area contributed by atoms with Crippen LogP contribution in [0, 0.1) is 19.7 Å². The van der Waals surface area contributed by atoms with Crippen LogP contribution in [0.4, 0.5) is 4.39 Å². The first kappa shape index (κ1) is 17.7. The summed E-state index contributed by atoms with van der Waals surface area (Å²) in [7, 11) is 0. The summed E-state index contributed by atoms with van der Waals surface area (Å²) in [5.74, 6) is -0.429. The highest BCUT2D eigenvalue weighted by molar-refractivity contribution is 6.01. The Kier molecular flexibility index (Phi) is 4.48. The summed E-state index contributed by atoms with van der Waals surface area (Å²) in [5, 5.41) is 4.29. The van der Waals surface area contributed by atoms with Crippen molar-refractivity contribution in [1.82, 2.24) is 10.3 Å². The van der Waals surface area contributed by atoms with Gasteiger partial charge in [-0.05, 0) is 62.1 Å². The first-order valence-corrected chi connectivity index (χ1v) is 9.24. The van der Waals surface area contributed by atoms with Gasteiger partial charge in [0.2, 0.25) is 0 Å². The van der Waals surface area contributed by atoms with Crippen LogP contribution in [0.5, 0.6) is 0 Å². The summed E-state index contributed by atoms with van der Waals surface area (Å²) in [4.78, 5) is 16.4. The highest BCUT2D eigenvalue weighted by atomic mass is 19.1. The molecule has 1 fully saturated rings. The molecule has 1 amide bonds. The Labute approximate surface area is 157 Å². The fraction of sp³-hybridized carbons (Fsp3) is 0.318. The first-order chi connectivity index (χ1) is 13.0. The van der Waals surface area contributed by atoms with E-state index in [0.29, 0.717) is 31.7 Å². The molecule has 0 aliphatic carbocycles. The zero-order valence-corrected chi connectivity index (χ0v) is 15.6. The van der Waals surface area contributed by atoms with Crippen molar-refractivity contribution in [2.45, 2.75) is 32.2 Å². The average molecular weight is 366 g/mol. The van der Waals surface area contributed by atoms with E-state index < -0.39 is 5.54 Å². The first-order valence-electron chi connectivity index (χ1n) is 9.24. The molecular formula is C22H23FN2O2. The van der Waals surface area contributed by atoms with Crippen molar-refractivity contribution in [2.75, 3.05) is 13.2 Å². The van der Waals surface area contributed by atoms with Gasteiger partial charge in [0.25, 0.3) is 5.91 Å². The Balaban J connectivity index is 1.70. The van der Waals surface area contributed by atoms with Gasteiger partial charge < -0.3 is 15.0 Å². The van der Waals surface area contributed by atoms with Gasteiger partial charge in [-0.3, -0.25) is 4.79 Å². The van der Waals surface area contributed by atoms with Gasteiger partial charge in [0.05, 0.1) is 5.54 Å². The Hall–Kier alpha value is -2.66. The molecule has 0 spiro atoms. The van der Waals surface area contributed by atoms with Crippen molar-refractivity contribution < 1.29 is 13.9 Å². The third kappa shape index (κ3) is 3.23. The van der Waals surface area contributed by atoms with Crippen LogP contribution in [0.2, 0.25) is 0 Å². The van der Waals surface area contributed by atoms with Crippen LogP contribution >= 0.6 is 0 Å². The summed E-state index contributed by atoms with van der Waals surface area (Å²) in [5.41, 5.74) is 3.97. The molecule has 0 unspecified atom stereocenters. The van der Waals surface area contributed by atoms with Gasteiger partial charge in [-0.2, -0.15) is 0 Å². The highest BCUT2D eigenvalue weighted by Crippen LogP contribution is 2.33. The Bertz CT molecular complexity index is 985. The molecule has 3 aromatic rings. The minimum absolute atomic E-state index is 0.146. The number of aromatic amines is 1. The van der Waals surface area contributed by atoms with E-state index in [2.05, 4.69) is 16.4 Å². The normalized spacial score (nSPS) is 16.4. The van der Waals surface area contributed by atoms with E-state index >= 15 is 0 Å². The second-order valence-corrected chi connectivity index (χ2v) is 7.33. The van der Waals surface area contributed by atoms with Gasteiger partial charge in [0.15, 0.2) is 0 Å². The number of carbonyl (C=O) groups is 1. The number of nitrogens with one attached hydrogen (secondary N) is 2. The number of fused-ring (bicyclic) bond motifs is 1. The van der Waals surface area contributed by atoms with Crippen LogP contribution in [0.3, 0.4) is 0 Å². The third-order valence-electron chi connectivity index (χ3n) is 5.54. The van der Waals surface area contributed by atoms with Crippen LogP contribution < -0.4 is 5.32 Å². The van der Waals surface area contributed by atoms with Gasteiger partial charge in [0, 0.05) is 24.1 Å². The number of halogens is 1. The Morgan fingerprint density at radius 2 is 1.81 bits per heavy atom. The van der Waals surface area contributed by atoms with Crippen molar-refractivity contribution in [3.05, 3.63) is 70.7 Å². The maximum Gasteiger partial charge on any atom is 0.268 e. The van der Waals surface area contributed by atoms with Crippen molar-refractivity contribution >= 4 is 16.8 Å². The molecule has 5 heteroatoms. The number of H-pyrrole nitrogens is 1. The summed E-state index contributed by atoms with van der Waals surface area (Å²) < 4.78 is 18.9. The topological polar surface area (TPSA) is 54.1 Å². The molecule has 0 saturated carbocycles. The van der Waals surface area contributed by atoms with E-state index in [-0.39, 0.29) is 11.7 Å². The van der Waals surface area contributed by atoms with E-state index in [4.69, 9.17) is 4.74 Å². The minimum Gasteiger partial charge on any atom is -0.381 e. The molecule has 0 atom stereocenters. The van der Waals surface area contributed by atoms with E-state index in [1.54, 1.807) is 12.1 Å². The number of aryl methyl sites for hydroxylation is 2. The SMILES string of the molecule is Cc1ccc2[nH]c(C(=O)NC3(c4ccc(F)cc4)CCOCC3)c(C)c2c1. The lowest BCUT2D eigenvalue weighted by Gasteiger charge is -2.38. The molecule has 4 rings (SSSR count). The molecule has 1 aliphatic heterocycles. The molecule has 0 radical (unpaired) electrons. The fourth-order valence-electron chi connectivity index (χ4n) is 3.92. The van der Waals surface area contributed by atoms with Crippen molar-refractivity contribution in [3.8, 4) is 0 Å². The summed E-state index contributed by atoms with van der Waals surface area (Å²) >= 11 is 0.